The normalized spacial score (nSPS) is 29.1. The molecule has 2 bridgehead atoms. The van der Waals surface area contributed by atoms with E-state index < -0.39 is 28.7 Å². The van der Waals surface area contributed by atoms with Crippen molar-refractivity contribution in [2.45, 2.75) is 41.3 Å². The summed E-state index contributed by atoms with van der Waals surface area (Å²) < 4.78 is 4.50. The lowest BCUT2D eigenvalue weighted by molar-refractivity contribution is -0.141. The lowest BCUT2D eigenvalue weighted by atomic mass is 9.70. The quantitative estimate of drug-likeness (QED) is 0.503. The molecule has 0 radical (unpaired) electrons. The summed E-state index contributed by atoms with van der Waals surface area (Å²) in [5.74, 6) is -1.09. The number of hydrogen-bond donors (Lipinski definition) is 3. The first kappa shape index (κ1) is 24.6. The lowest BCUT2D eigenvalue weighted by Crippen LogP contribution is -2.55. The molecule has 9 heteroatoms. The molecule has 0 aliphatic carbocycles. The van der Waals surface area contributed by atoms with Crippen molar-refractivity contribution in [2.24, 2.45) is 11.8 Å². The van der Waals surface area contributed by atoms with E-state index >= 15 is 0 Å². The molecule has 3 saturated heterocycles. The molecule has 3 fully saturated rings. The van der Waals surface area contributed by atoms with Crippen molar-refractivity contribution in [1.82, 2.24) is 10.2 Å². The summed E-state index contributed by atoms with van der Waals surface area (Å²) in [6.07, 6.45) is 1.86. The third-order valence-electron chi connectivity index (χ3n) is 7.81. The van der Waals surface area contributed by atoms with Crippen LogP contribution in [-0.2, 0) is 20.8 Å². The fourth-order valence-corrected chi connectivity index (χ4v) is 8.48. The third-order valence-corrected chi connectivity index (χ3v) is 9.76. The van der Waals surface area contributed by atoms with E-state index in [4.69, 9.17) is 4.74 Å². The van der Waals surface area contributed by atoms with Gasteiger partial charge in [-0.25, -0.2) is 0 Å². The molecule has 2 aromatic rings. The number of aliphatic hydroxyl groups is 1. The van der Waals surface area contributed by atoms with E-state index in [-0.39, 0.29) is 29.6 Å². The molecule has 0 aromatic heterocycles. The Balaban J connectivity index is 1.52. The summed E-state index contributed by atoms with van der Waals surface area (Å²) in [6, 6.07) is 15.3. The molecule has 3 N–H and O–H groups in total. The Morgan fingerprint density at radius 3 is 2.53 bits per heavy atom. The van der Waals surface area contributed by atoms with Crippen molar-refractivity contribution in [3.63, 3.8) is 0 Å². The van der Waals surface area contributed by atoms with Gasteiger partial charge < -0.3 is 25.4 Å². The number of methoxy groups -OCH3 is 1. The highest BCUT2D eigenvalue weighted by atomic mass is 32.2. The maximum absolute atomic E-state index is 14.1. The number of ether oxygens (including phenoxy) is 1. The Bertz CT molecular complexity index is 1140. The molecule has 3 aliphatic heterocycles. The van der Waals surface area contributed by atoms with Gasteiger partial charge in [0.15, 0.2) is 0 Å². The largest absolute Gasteiger partial charge is 0.497 e. The Hall–Kier alpha value is -3.04. The highest BCUT2D eigenvalue weighted by Gasteiger charge is 2.74. The van der Waals surface area contributed by atoms with Crippen LogP contribution in [0.5, 0.6) is 5.75 Å². The van der Waals surface area contributed by atoms with Crippen molar-refractivity contribution < 1.29 is 24.2 Å². The number of carbonyl (C=O) groups is 3. The number of hydrogen-bond acceptors (Lipinski definition) is 6. The van der Waals surface area contributed by atoms with Crippen molar-refractivity contribution in [1.29, 1.82) is 0 Å². The number of benzene rings is 2. The molecule has 6 atom stereocenters. The van der Waals surface area contributed by atoms with Crippen LogP contribution in [0.25, 0.3) is 0 Å². The molecule has 3 amide bonds. The summed E-state index contributed by atoms with van der Waals surface area (Å²) in [6.45, 7) is -0.283. The summed E-state index contributed by atoms with van der Waals surface area (Å²) >= 11 is 1.61. The molecule has 2 aromatic carbocycles. The molecule has 3 aliphatic rings. The Kier molecular flexibility index (Phi) is 6.70. The third kappa shape index (κ3) is 3.94. The highest BCUT2D eigenvalue weighted by Crippen LogP contribution is 2.66. The van der Waals surface area contributed by atoms with Crippen molar-refractivity contribution in [3.05, 3.63) is 60.2 Å². The van der Waals surface area contributed by atoms with Crippen LogP contribution < -0.4 is 15.4 Å². The number of thioether (sulfide) groups is 1. The van der Waals surface area contributed by atoms with Gasteiger partial charge in [0.2, 0.25) is 17.7 Å². The zero-order valence-corrected chi connectivity index (χ0v) is 21.2. The number of anilines is 1. The van der Waals surface area contributed by atoms with Gasteiger partial charge in [0.05, 0.1) is 36.3 Å². The molecular formula is C27H31N3O5S. The fraction of sp³-hybridized carbons (Fsp3) is 0.444. The van der Waals surface area contributed by atoms with E-state index in [1.165, 1.54) is 0 Å². The summed E-state index contributed by atoms with van der Waals surface area (Å²) in [5.41, 5.74) is 1.56. The van der Waals surface area contributed by atoms with Crippen molar-refractivity contribution >= 4 is 35.2 Å². The number of carbonyl (C=O) groups excluding carboxylic acids is 3. The molecule has 3 heterocycles. The van der Waals surface area contributed by atoms with E-state index in [9.17, 15) is 19.5 Å². The maximum atomic E-state index is 14.1. The van der Waals surface area contributed by atoms with Gasteiger partial charge >= 0.3 is 0 Å². The van der Waals surface area contributed by atoms with Gasteiger partial charge in [-0.3, -0.25) is 14.4 Å². The summed E-state index contributed by atoms with van der Waals surface area (Å²) in [4.78, 5) is 42.5. The fourth-order valence-electron chi connectivity index (χ4n) is 6.27. The van der Waals surface area contributed by atoms with Crippen LogP contribution in [0.15, 0.2) is 54.6 Å². The number of rotatable bonds is 8. The monoisotopic (exact) mass is 509 g/mol. The summed E-state index contributed by atoms with van der Waals surface area (Å²) in [7, 11) is 3.16. The van der Waals surface area contributed by atoms with Crippen molar-refractivity contribution in [3.8, 4) is 5.75 Å². The number of nitrogens with one attached hydrogen (secondary N) is 2. The first-order chi connectivity index (χ1) is 17.4. The lowest BCUT2D eigenvalue weighted by Gasteiger charge is -2.37. The van der Waals surface area contributed by atoms with Gasteiger partial charge in [0, 0.05) is 18.0 Å². The second-order valence-electron chi connectivity index (χ2n) is 9.66. The van der Waals surface area contributed by atoms with E-state index in [2.05, 4.69) is 10.6 Å². The smallest absolute Gasteiger partial charge is 0.248 e. The van der Waals surface area contributed by atoms with E-state index in [0.717, 1.165) is 12.0 Å². The highest BCUT2D eigenvalue weighted by molar-refractivity contribution is 8.02. The number of aliphatic hydroxyl groups excluding tert-OH is 1. The second-order valence-corrected chi connectivity index (χ2v) is 11.3. The van der Waals surface area contributed by atoms with Gasteiger partial charge in [-0.05, 0) is 49.1 Å². The topological polar surface area (TPSA) is 108 Å². The van der Waals surface area contributed by atoms with Crippen LogP contribution in [0.4, 0.5) is 5.69 Å². The number of likely N-dealkylation sites (tertiary alicyclic amines) is 1. The Morgan fingerprint density at radius 1 is 1.17 bits per heavy atom. The molecule has 8 nitrogen and oxygen atoms in total. The van der Waals surface area contributed by atoms with Crippen molar-refractivity contribution in [2.75, 3.05) is 26.1 Å². The van der Waals surface area contributed by atoms with Crippen LogP contribution in [0.3, 0.4) is 0 Å². The first-order valence-electron chi connectivity index (χ1n) is 12.2. The molecule has 190 valence electrons. The van der Waals surface area contributed by atoms with Crippen LogP contribution in [0, 0.1) is 11.8 Å². The molecule has 5 rings (SSSR count). The zero-order valence-electron chi connectivity index (χ0n) is 20.3. The van der Waals surface area contributed by atoms with Crippen LogP contribution in [0.2, 0.25) is 0 Å². The average Bonchev–Trinajstić information content (AvgIpc) is 3.55. The minimum atomic E-state index is -0.803. The van der Waals surface area contributed by atoms with E-state index in [1.54, 1.807) is 55.1 Å². The zero-order chi connectivity index (χ0) is 25.4. The second kappa shape index (κ2) is 9.78. The van der Waals surface area contributed by atoms with Gasteiger partial charge in [0.25, 0.3) is 0 Å². The van der Waals surface area contributed by atoms with Crippen LogP contribution >= 0.6 is 11.8 Å². The number of amides is 3. The predicted molar refractivity (Wildman–Crippen MR) is 138 cm³/mol. The van der Waals surface area contributed by atoms with Gasteiger partial charge in [-0.15, -0.1) is 11.8 Å². The molecule has 0 saturated carbocycles. The van der Waals surface area contributed by atoms with Gasteiger partial charge in [-0.2, -0.15) is 0 Å². The molecule has 1 spiro atoms. The first-order valence-corrected chi connectivity index (χ1v) is 13.1. The number of fused-ring (bicyclic) bond motifs is 1. The van der Waals surface area contributed by atoms with E-state index in [0.29, 0.717) is 24.3 Å². The molecular weight excluding hydrogens is 478 g/mol. The van der Waals surface area contributed by atoms with Gasteiger partial charge in [-0.1, -0.05) is 30.3 Å². The molecule has 36 heavy (non-hydrogen) atoms. The Morgan fingerprint density at radius 2 is 1.89 bits per heavy atom. The molecule has 2 unspecified atom stereocenters. The Labute approximate surface area is 214 Å². The minimum Gasteiger partial charge on any atom is -0.497 e. The van der Waals surface area contributed by atoms with Gasteiger partial charge in [0.1, 0.15) is 11.8 Å². The minimum absolute atomic E-state index is 0.000892. The average molecular weight is 510 g/mol. The van der Waals surface area contributed by atoms with E-state index in [1.807, 2.05) is 30.3 Å². The van der Waals surface area contributed by atoms with Crippen LogP contribution in [0.1, 0.15) is 18.4 Å². The predicted octanol–water partition coefficient (Wildman–Crippen LogP) is 2.07. The maximum Gasteiger partial charge on any atom is 0.248 e. The summed E-state index contributed by atoms with van der Waals surface area (Å²) in [5, 5.41) is 16.2. The van der Waals surface area contributed by atoms with Crippen LogP contribution in [-0.4, -0.2) is 70.6 Å². The standard InChI is InChI=1S/C27H31N3O5S/c1-28-24(32)21-20-12-13-27(36-20)22(21)26(34)30(18(15-31)14-16-6-4-3-5-7-16)23(27)25(33)29-17-8-10-19(35-2)11-9-17/h3-11,18,20-23,31H,12-15H2,1-2H3,(H,28,32)(H,29,33)/t18-,20+,21-,22+,23?,27?/m1/s1. The number of nitrogens with zero attached hydrogens (tertiary/aromatic N) is 1. The SMILES string of the molecule is CNC(=O)[C@@H]1[C@@H]2CCC3(S2)C(C(=O)Nc2ccc(OC)cc2)N([C@@H](CO)Cc2ccccc2)C(=O)[C@H]13.